The van der Waals surface area contributed by atoms with Crippen LogP contribution in [0, 0.1) is 6.92 Å². The molecule has 12 nitrogen and oxygen atoms in total. The molecule has 0 aliphatic heterocycles. The predicted octanol–water partition coefficient (Wildman–Crippen LogP) is 2.45. The summed E-state index contributed by atoms with van der Waals surface area (Å²) in [6.45, 7) is 3.79. The molecular weight excluding hydrogens is 738 g/mol. The first-order valence-electron chi connectivity index (χ1n) is 15.8. The van der Waals surface area contributed by atoms with Crippen LogP contribution < -0.4 is 40.0 Å². The van der Waals surface area contributed by atoms with E-state index >= 15 is 0 Å². The van der Waals surface area contributed by atoms with Gasteiger partial charge in [0.05, 0.1) is 35.2 Å². The van der Waals surface area contributed by atoms with E-state index in [0.29, 0.717) is 27.0 Å². The molecule has 1 unspecified atom stereocenters. The Bertz CT molecular complexity index is 1760. The summed E-state index contributed by atoms with van der Waals surface area (Å²) in [5.74, 6) is -6.16. The number of para-hydroxylation sites is 2. The number of carbonyl (C=O) groups excluding carboxylic acids is 1. The van der Waals surface area contributed by atoms with Gasteiger partial charge >= 0.3 is 47.5 Å². The maximum atomic E-state index is 10.7. The van der Waals surface area contributed by atoms with Gasteiger partial charge in [0.2, 0.25) is 0 Å². The first-order valence-corrected chi connectivity index (χ1v) is 16.5. The summed E-state index contributed by atoms with van der Waals surface area (Å²) in [5, 5.41) is 48.5. The Morgan fingerprint density at radius 3 is 1.85 bits per heavy atom. The van der Waals surface area contributed by atoms with Crippen molar-refractivity contribution in [2.45, 2.75) is 37.9 Å². The van der Waals surface area contributed by atoms with Crippen LogP contribution in [0.2, 0.25) is 10.0 Å². The average Bonchev–Trinajstić information content (AvgIpc) is 3.06. The first-order chi connectivity index (χ1) is 24.5. The normalized spacial score (nSPS) is 11.1. The van der Waals surface area contributed by atoms with Crippen molar-refractivity contribution in [3.63, 3.8) is 0 Å². The van der Waals surface area contributed by atoms with E-state index in [1.807, 2.05) is 6.07 Å². The van der Waals surface area contributed by atoms with Gasteiger partial charge < -0.3 is 45.3 Å². The molecule has 4 aromatic rings. The topological polar surface area (TPSA) is 197 Å². The van der Waals surface area contributed by atoms with Crippen LogP contribution in [-0.2, 0) is 30.3 Å². The number of benzene rings is 4. The molecule has 0 saturated carbocycles. The third-order valence-electron chi connectivity index (χ3n) is 7.26. The Morgan fingerprint density at radius 1 is 0.811 bits per heavy atom. The van der Waals surface area contributed by atoms with E-state index in [4.69, 9.17) is 48.4 Å². The van der Waals surface area contributed by atoms with Gasteiger partial charge in [-0.25, -0.2) is 4.79 Å². The summed E-state index contributed by atoms with van der Waals surface area (Å²) in [4.78, 5) is 43.3. The monoisotopic (exact) mass is 778 g/mol. The van der Waals surface area contributed by atoms with Gasteiger partial charge in [0.25, 0.3) is 0 Å². The molecule has 0 aromatic heterocycles. The number of ether oxygens (including phenoxy) is 1. The number of halogens is 2. The number of carboxylic acid groups (broad SMARTS) is 4. The summed E-state index contributed by atoms with van der Waals surface area (Å²) in [7, 11) is 4.13. The second-order valence-corrected chi connectivity index (χ2v) is 12.5. The summed E-state index contributed by atoms with van der Waals surface area (Å²) in [6, 6.07) is 31.1. The minimum atomic E-state index is -2.74. The fourth-order valence-corrected chi connectivity index (χ4v) is 5.14. The summed E-state index contributed by atoms with van der Waals surface area (Å²) < 4.78 is 6.16. The molecule has 4 aromatic carbocycles. The molecule has 0 heterocycles. The maximum Gasteiger partial charge on any atom is 1.00 e. The summed E-state index contributed by atoms with van der Waals surface area (Å²) in [5.41, 5.74) is 2.79. The summed E-state index contributed by atoms with van der Waals surface area (Å²) in [6.07, 6.45) is -2.45. The van der Waals surface area contributed by atoms with E-state index in [2.05, 4.69) is 79.8 Å². The number of hydrogen-bond donors (Lipinski definition) is 5. The molecule has 5 N–H and O–H groups in total. The van der Waals surface area contributed by atoms with Crippen LogP contribution in [0.15, 0.2) is 97.1 Å². The number of carboxylic acids is 4. The Morgan fingerprint density at radius 2 is 1.34 bits per heavy atom. The number of nitrogens with one attached hydrogen (secondary N) is 1. The number of aryl methyl sites for hydroxylation is 1. The molecule has 0 amide bonds. The molecular formula is C38H41Cl2N2NaO10. The van der Waals surface area contributed by atoms with Crippen molar-refractivity contribution in [2.24, 2.45) is 0 Å². The van der Waals surface area contributed by atoms with Gasteiger partial charge in [-0.1, -0.05) is 102 Å². The van der Waals surface area contributed by atoms with E-state index in [1.165, 1.54) is 16.7 Å². The number of aliphatic hydroxyl groups is 1. The van der Waals surface area contributed by atoms with Crippen LogP contribution in [0.1, 0.15) is 41.2 Å². The van der Waals surface area contributed by atoms with Crippen LogP contribution in [0.25, 0.3) is 0 Å². The molecule has 53 heavy (non-hydrogen) atoms. The van der Waals surface area contributed by atoms with Crippen LogP contribution in [-0.4, -0.2) is 82.1 Å². The molecule has 0 spiro atoms. The van der Waals surface area contributed by atoms with Crippen LogP contribution >= 0.6 is 23.2 Å². The Balaban J connectivity index is 0.000000404. The van der Waals surface area contributed by atoms with E-state index in [0.717, 1.165) is 13.2 Å². The van der Waals surface area contributed by atoms with Gasteiger partial charge in [-0.05, 0) is 61.5 Å². The number of hydrogen-bond acceptors (Lipinski definition) is 9. The van der Waals surface area contributed by atoms with E-state index in [-0.39, 0.29) is 42.1 Å². The Labute approximate surface area is 340 Å². The van der Waals surface area contributed by atoms with Gasteiger partial charge in [-0.3, -0.25) is 9.59 Å². The second kappa shape index (κ2) is 23.6. The number of nitrogens with zero attached hydrogens (tertiary/aromatic N) is 1. The molecule has 0 aliphatic rings. The van der Waals surface area contributed by atoms with Crippen molar-refractivity contribution in [1.29, 1.82) is 0 Å². The largest absolute Gasteiger partial charge is 1.00 e. The van der Waals surface area contributed by atoms with Crippen LogP contribution in [0.4, 0.5) is 11.4 Å². The van der Waals surface area contributed by atoms with E-state index in [1.54, 1.807) is 42.5 Å². The molecule has 278 valence electrons. The van der Waals surface area contributed by atoms with Gasteiger partial charge in [0, 0.05) is 24.6 Å². The number of anilines is 2. The fraction of sp³-hybridized carbons (Fsp3) is 0.263. The molecule has 0 radical (unpaired) electrons. The van der Waals surface area contributed by atoms with Crippen molar-refractivity contribution >= 4 is 58.5 Å². The zero-order valence-corrected chi connectivity index (χ0v) is 33.3. The van der Waals surface area contributed by atoms with Crippen LogP contribution in [0.5, 0.6) is 0 Å². The molecule has 4 rings (SSSR count). The molecule has 1 atom stereocenters. The number of aliphatic carboxylic acids is 4. The molecule has 0 saturated heterocycles. The van der Waals surface area contributed by atoms with Crippen molar-refractivity contribution in [3.05, 3.63) is 129 Å². The number of likely N-dealkylation sites (N-methyl/N-ethyl adjacent to an activating group) is 1. The number of rotatable bonds is 15. The minimum absolute atomic E-state index is 0. The van der Waals surface area contributed by atoms with Crippen molar-refractivity contribution in [1.82, 2.24) is 4.90 Å². The molecule has 0 fully saturated rings. The van der Waals surface area contributed by atoms with Gasteiger partial charge in [0.1, 0.15) is 6.10 Å². The number of carbonyl (C=O) groups is 4. The van der Waals surface area contributed by atoms with Gasteiger partial charge in [-0.2, -0.15) is 0 Å². The zero-order valence-electron chi connectivity index (χ0n) is 29.8. The maximum absolute atomic E-state index is 10.7. The average molecular weight is 780 g/mol. The smallest absolute Gasteiger partial charge is 0.550 e. The van der Waals surface area contributed by atoms with Gasteiger partial charge in [-0.15, -0.1) is 0 Å². The molecule has 0 bridgehead atoms. The van der Waals surface area contributed by atoms with Gasteiger partial charge in [0.15, 0.2) is 5.60 Å². The SMILES string of the molecule is Cc1ccccc1C(OCCN(C)C)c1ccccc1.O=C(O)CC(O)(CC(=O)O)C(=O)O.O=C([O-])Cc1ccccc1Nc1c(Cl)cccc1Cl.[Na+]. The first kappa shape index (κ1) is 47.0. The van der Waals surface area contributed by atoms with Crippen molar-refractivity contribution < 1.29 is 79.0 Å². The molecule has 0 aliphatic carbocycles. The zero-order chi connectivity index (χ0) is 38.8. The van der Waals surface area contributed by atoms with E-state index < -0.39 is 42.3 Å². The molecule has 15 heteroatoms. The second-order valence-electron chi connectivity index (χ2n) is 11.7. The third-order valence-corrected chi connectivity index (χ3v) is 7.89. The minimum Gasteiger partial charge on any atom is -0.550 e. The Kier molecular flexibility index (Phi) is 21.0. The van der Waals surface area contributed by atoms with Crippen molar-refractivity contribution in [3.8, 4) is 0 Å². The van der Waals surface area contributed by atoms with Crippen molar-refractivity contribution in [2.75, 3.05) is 32.6 Å². The third kappa shape index (κ3) is 16.7. The summed E-state index contributed by atoms with van der Waals surface area (Å²) >= 11 is 12.1. The fourth-order valence-electron chi connectivity index (χ4n) is 4.65. The Hall–Kier alpha value is -3.98. The van der Waals surface area contributed by atoms with E-state index in [9.17, 15) is 24.3 Å². The van der Waals surface area contributed by atoms with Crippen LogP contribution in [0.3, 0.4) is 0 Å². The quantitative estimate of drug-likeness (QED) is 0.111. The standard InChI is InChI=1S/C18H23NO.C14H11Cl2NO2.C6H8O7.Na/c1-15-9-7-8-12-17(15)18(20-14-13-19(2)3)16-10-5-4-6-11-16;15-10-5-3-6-11(16)14(10)17-12-7-2-1-4-9(12)8-13(18)19;7-3(8)1-6(13,5(11)12)2-4(9)10;/h4-12,18H,13-14H2,1-3H3;1-7,17H,8H2,(H,18,19);13H,1-2H2,(H,7,8)(H,9,10)(H,11,12);/q;;;+1/p-1. The predicted molar refractivity (Wildman–Crippen MR) is 196 cm³/mol.